The normalized spacial score (nSPS) is 15.8. The summed E-state index contributed by atoms with van der Waals surface area (Å²) in [7, 11) is 1.43. The lowest BCUT2D eigenvalue weighted by atomic mass is 10.0. The average molecular weight is 904 g/mol. The molecular formula is C37H61N9O15S. The topological polar surface area (TPSA) is 371 Å². The molecule has 1 heterocycles. The standard InChI is InChI=1S/C37H61N9O15S/c1-20(2)16-24(35(58)41-17-27(47)42-25(19-62-4)33(56)39-3)45-37(60)26-6-5-14-46(26)28(48)18-61-15-13-40-34(57)22(8-11-30(51)52)44-36(59)23(9-12-31(53)54)43-32(55)21(38)7-10-29(49)50/h20-26H,5-19,38H2,1-4H3,(H,39,56)(H,40,57)(H,41,58)(H,42,47)(H,43,55)(H,44,59)(H,45,60)(H,49,50)(H,51,52)(H,53,54)/t21-,22-,23-,24+,25+,26+/m1/s1. The number of nitrogens with zero attached hydrogens (tertiary/aromatic N) is 1. The maximum Gasteiger partial charge on any atom is 0.303 e. The quantitative estimate of drug-likeness (QED) is 0.0308. The van der Waals surface area contributed by atoms with Crippen LogP contribution in [0.1, 0.15) is 71.6 Å². The fraction of sp³-hybridized carbons (Fsp3) is 0.703. The van der Waals surface area contributed by atoms with Gasteiger partial charge in [0.2, 0.25) is 47.3 Å². The first kappa shape index (κ1) is 54.5. The highest BCUT2D eigenvalue weighted by Crippen LogP contribution is 2.19. The van der Waals surface area contributed by atoms with Crippen molar-refractivity contribution in [3.63, 3.8) is 0 Å². The second kappa shape index (κ2) is 28.9. The summed E-state index contributed by atoms with van der Waals surface area (Å²) < 4.78 is 5.43. The van der Waals surface area contributed by atoms with Crippen molar-refractivity contribution in [2.45, 2.75) is 108 Å². The van der Waals surface area contributed by atoms with Gasteiger partial charge in [0, 0.05) is 45.2 Å². The highest BCUT2D eigenvalue weighted by atomic mass is 32.2. The molecule has 0 aromatic carbocycles. The largest absolute Gasteiger partial charge is 0.481 e. The van der Waals surface area contributed by atoms with E-state index in [0.717, 1.165) is 0 Å². The highest BCUT2D eigenvalue weighted by Gasteiger charge is 2.36. The molecule has 0 bridgehead atoms. The molecule has 0 spiro atoms. The van der Waals surface area contributed by atoms with Gasteiger partial charge in [-0.15, -0.1) is 0 Å². The van der Waals surface area contributed by atoms with Crippen molar-refractivity contribution in [3.8, 4) is 0 Å². The minimum Gasteiger partial charge on any atom is -0.481 e. The molecule has 25 heteroatoms. The SMILES string of the molecule is CNC(=O)[C@H](CSC)NC(=O)CNC(=O)[C@H](CC(C)C)NC(=O)[C@@H]1CCCN1C(=O)COCCNC(=O)[C@@H](CCC(=O)O)NC(=O)[C@@H](CCC(=O)O)NC(=O)[C@H](N)CCC(=O)O. The fourth-order valence-corrected chi connectivity index (χ4v) is 6.58. The molecule has 0 radical (unpaired) electrons. The number of likely N-dealkylation sites (tertiary alicyclic amines) is 1. The summed E-state index contributed by atoms with van der Waals surface area (Å²) >= 11 is 1.35. The molecule has 6 atom stereocenters. The predicted molar refractivity (Wildman–Crippen MR) is 220 cm³/mol. The number of carbonyl (C=O) groups excluding carboxylic acids is 8. The van der Waals surface area contributed by atoms with Crippen molar-refractivity contribution in [1.29, 1.82) is 0 Å². The molecule has 350 valence electrons. The molecule has 24 nitrogen and oxygen atoms in total. The Morgan fingerprint density at radius 3 is 1.85 bits per heavy atom. The van der Waals surface area contributed by atoms with E-state index in [1.54, 1.807) is 6.26 Å². The maximum atomic E-state index is 13.4. The summed E-state index contributed by atoms with van der Waals surface area (Å²) in [6, 6.07) is -7.14. The second-order valence-electron chi connectivity index (χ2n) is 14.7. The number of likely N-dealkylation sites (N-methyl/N-ethyl adjacent to an activating group) is 1. The number of rotatable bonds is 30. The lowest BCUT2D eigenvalue weighted by molar-refractivity contribution is -0.142. The summed E-state index contributed by atoms with van der Waals surface area (Å²) in [5.74, 6) is -9.20. The zero-order valence-corrected chi connectivity index (χ0v) is 36.1. The van der Waals surface area contributed by atoms with E-state index in [2.05, 4.69) is 37.2 Å². The molecule has 0 aromatic heterocycles. The monoisotopic (exact) mass is 903 g/mol. The summed E-state index contributed by atoms with van der Waals surface area (Å²) in [6.45, 7) is 2.48. The van der Waals surface area contributed by atoms with E-state index in [9.17, 15) is 57.8 Å². The first-order valence-corrected chi connectivity index (χ1v) is 21.3. The number of thioether (sulfide) groups is 1. The van der Waals surface area contributed by atoms with E-state index in [1.807, 2.05) is 13.8 Å². The molecule has 0 aliphatic carbocycles. The van der Waals surface area contributed by atoms with Crippen LogP contribution in [0.2, 0.25) is 0 Å². The Bertz CT molecular complexity index is 1600. The molecule has 8 amide bonds. The van der Waals surface area contributed by atoms with Gasteiger partial charge in [-0.3, -0.25) is 52.7 Å². The number of aliphatic carboxylic acids is 3. The molecule has 1 fully saturated rings. The Kier molecular flexibility index (Phi) is 25.4. The summed E-state index contributed by atoms with van der Waals surface area (Å²) in [6.07, 6.45) is 0.00640. The average Bonchev–Trinajstić information content (AvgIpc) is 3.71. The Balaban J connectivity index is 2.82. The first-order chi connectivity index (χ1) is 29.2. The van der Waals surface area contributed by atoms with Crippen molar-refractivity contribution in [2.24, 2.45) is 11.7 Å². The highest BCUT2D eigenvalue weighted by molar-refractivity contribution is 7.98. The molecule has 0 saturated carbocycles. The fourth-order valence-electron chi connectivity index (χ4n) is 6.01. The molecule has 1 aliphatic heterocycles. The summed E-state index contributed by atoms with van der Waals surface area (Å²) in [5, 5.41) is 44.4. The zero-order valence-electron chi connectivity index (χ0n) is 35.3. The van der Waals surface area contributed by atoms with Gasteiger partial charge in [0.15, 0.2) is 0 Å². The van der Waals surface area contributed by atoms with Gasteiger partial charge in [-0.05, 0) is 50.7 Å². The molecule has 0 unspecified atom stereocenters. The van der Waals surface area contributed by atoms with Crippen molar-refractivity contribution in [3.05, 3.63) is 0 Å². The van der Waals surface area contributed by atoms with Crippen LogP contribution < -0.4 is 43.0 Å². The Morgan fingerprint density at radius 1 is 0.726 bits per heavy atom. The molecular weight excluding hydrogens is 843 g/mol. The number of carbonyl (C=O) groups is 11. The van der Waals surface area contributed by atoms with Crippen molar-refractivity contribution >= 4 is 76.9 Å². The smallest absolute Gasteiger partial charge is 0.303 e. The molecule has 12 N–H and O–H groups in total. The molecule has 62 heavy (non-hydrogen) atoms. The Hall–Kier alpha value is -5.56. The molecule has 0 aromatic rings. The lowest BCUT2D eigenvalue weighted by Gasteiger charge is -2.27. The van der Waals surface area contributed by atoms with Gasteiger partial charge in [-0.2, -0.15) is 11.8 Å². The van der Waals surface area contributed by atoms with E-state index >= 15 is 0 Å². The van der Waals surface area contributed by atoms with Crippen LogP contribution in [-0.2, 0) is 57.5 Å². The number of amides is 8. The molecule has 1 saturated heterocycles. The van der Waals surface area contributed by atoms with Crippen LogP contribution in [0.25, 0.3) is 0 Å². The third-order valence-electron chi connectivity index (χ3n) is 9.21. The van der Waals surface area contributed by atoms with Crippen LogP contribution in [0.5, 0.6) is 0 Å². The van der Waals surface area contributed by atoms with Gasteiger partial charge in [-0.25, -0.2) is 0 Å². The van der Waals surface area contributed by atoms with E-state index in [0.29, 0.717) is 18.6 Å². The van der Waals surface area contributed by atoms with E-state index in [4.69, 9.17) is 20.7 Å². The number of ether oxygens (including phenoxy) is 1. The van der Waals surface area contributed by atoms with Crippen LogP contribution in [0.3, 0.4) is 0 Å². The first-order valence-electron chi connectivity index (χ1n) is 19.9. The number of carboxylic acids is 3. The summed E-state index contributed by atoms with van der Waals surface area (Å²) in [5.41, 5.74) is 5.70. The van der Waals surface area contributed by atoms with Gasteiger partial charge in [0.25, 0.3) is 0 Å². The van der Waals surface area contributed by atoms with E-state index in [-0.39, 0.29) is 38.5 Å². The van der Waals surface area contributed by atoms with E-state index in [1.165, 1.54) is 23.7 Å². The van der Waals surface area contributed by atoms with Gasteiger partial charge in [0.05, 0.1) is 19.2 Å². The maximum absolute atomic E-state index is 13.4. The number of nitrogens with one attached hydrogen (secondary N) is 7. The van der Waals surface area contributed by atoms with Gasteiger partial charge < -0.3 is 67.9 Å². The van der Waals surface area contributed by atoms with Crippen LogP contribution >= 0.6 is 11.8 Å². The van der Waals surface area contributed by atoms with Crippen molar-refractivity contribution in [1.82, 2.24) is 42.1 Å². The Labute approximate surface area is 362 Å². The minimum atomic E-state index is -1.53. The third kappa shape index (κ3) is 21.3. The van der Waals surface area contributed by atoms with Crippen molar-refractivity contribution in [2.75, 3.05) is 51.9 Å². The van der Waals surface area contributed by atoms with Gasteiger partial charge in [-0.1, -0.05) is 13.8 Å². The number of hydrogen-bond donors (Lipinski definition) is 11. The van der Waals surface area contributed by atoms with Crippen LogP contribution in [0, 0.1) is 5.92 Å². The predicted octanol–water partition coefficient (Wildman–Crippen LogP) is -3.76. The Morgan fingerprint density at radius 2 is 1.29 bits per heavy atom. The number of carboxylic acid groups (broad SMARTS) is 3. The number of nitrogens with two attached hydrogens (primary N) is 1. The minimum absolute atomic E-state index is 0.0473. The third-order valence-corrected chi connectivity index (χ3v) is 9.87. The lowest BCUT2D eigenvalue weighted by Crippen LogP contribution is -2.56. The molecule has 1 rings (SSSR count). The van der Waals surface area contributed by atoms with Crippen LogP contribution in [0.4, 0.5) is 0 Å². The molecule has 1 aliphatic rings. The summed E-state index contributed by atoms with van der Waals surface area (Å²) in [4.78, 5) is 138. The second-order valence-corrected chi connectivity index (χ2v) is 15.6. The van der Waals surface area contributed by atoms with Crippen LogP contribution in [-0.4, -0.2) is 174 Å². The van der Waals surface area contributed by atoms with E-state index < -0.39 is 147 Å². The van der Waals surface area contributed by atoms with Gasteiger partial charge >= 0.3 is 17.9 Å². The number of hydrogen-bond acceptors (Lipinski definition) is 14. The zero-order chi connectivity index (χ0) is 46.9. The van der Waals surface area contributed by atoms with Gasteiger partial charge in [0.1, 0.15) is 36.8 Å². The van der Waals surface area contributed by atoms with Crippen molar-refractivity contribution < 1.29 is 72.8 Å². The van der Waals surface area contributed by atoms with Crippen LogP contribution in [0.15, 0.2) is 0 Å².